The number of thiazole rings is 1. The Morgan fingerprint density at radius 1 is 0.811 bits per heavy atom. The van der Waals surface area contributed by atoms with Crippen LogP contribution in [0.15, 0.2) is 177 Å². The molecule has 2 aliphatic heterocycles. The third kappa shape index (κ3) is 11.8. The number of nitrogens with zero attached hydrogens (tertiary/aromatic N) is 5. The first-order chi connectivity index (χ1) is 36.1. The van der Waals surface area contributed by atoms with Gasteiger partial charge in [0, 0.05) is 28.7 Å². The average molecular weight is 1090 g/mol. The maximum absolute atomic E-state index is 14.3. The van der Waals surface area contributed by atoms with Gasteiger partial charge >= 0.3 is 12.1 Å². The number of β-lactam (4-membered cyclic amide) rings is 1. The number of methoxy groups -OCH3 is 1. The fourth-order valence-corrected chi connectivity index (χ4v) is 13.6. The molecule has 4 N–H and O–H groups in total. The van der Waals surface area contributed by atoms with E-state index in [9.17, 15) is 24.3 Å². The van der Waals surface area contributed by atoms with Crippen molar-refractivity contribution in [2.75, 3.05) is 37.6 Å². The Balaban J connectivity index is 0.909. The van der Waals surface area contributed by atoms with Crippen molar-refractivity contribution in [3.8, 4) is 5.75 Å². The Labute approximate surface area is 447 Å². The summed E-state index contributed by atoms with van der Waals surface area (Å²) in [5, 5.41) is 25.7. The van der Waals surface area contributed by atoms with Crippen LogP contribution in [0.1, 0.15) is 33.5 Å². The van der Waals surface area contributed by atoms with E-state index in [1.807, 2.05) is 109 Å². The Bertz CT molecular complexity index is 3030. The largest absolute Gasteiger partial charge is 0.497 e. The molecule has 21 heteroatoms. The van der Waals surface area contributed by atoms with Gasteiger partial charge in [0.1, 0.15) is 47.8 Å². The first kappa shape index (κ1) is 51.7. The number of aliphatic carboxylic acids is 1. The highest BCUT2D eigenvalue weighted by Crippen LogP contribution is 2.47. The normalized spacial score (nSPS) is 16.4. The second-order valence-corrected chi connectivity index (χ2v) is 21.7. The van der Waals surface area contributed by atoms with Crippen molar-refractivity contribution in [3.05, 3.63) is 196 Å². The molecule has 5 aromatic carbocycles. The molecule has 2 aromatic heterocycles. The molecule has 1 saturated heterocycles. The number of carbonyl (C=O) groups is 4. The molecule has 1 fully saturated rings. The number of fused-ring (bicyclic) bond motifs is 1. The Morgan fingerprint density at radius 3 is 2.05 bits per heavy atom. The average Bonchev–Trinajstić information content (AvgIpc) is 4.12. The Kier molecular flexibility index (Phi) is 16.9. The smallest absolute Gasteiger partial charge is 0.407 e. The number of aromatic nitrogens is 3. The van der Waals surface area contributed by atoms with Gasteiger partial charge in [-0.1, -0.05) is 162 Å². The van der Waals surface area contributed by atoms with E-state index >= 15 is 0 Å². The first-order valence-corrected chi connectivity index (χ1v) is 27.7. The molecule has 2 unspecified atom stereocenters. The number of amides is 3. The quantitative estimate of drug-likeness (QED) is 0.0125. The number of carbonyl (C=O) groups excluding carboxylic acids is 3. The number of oxime groups is 1. The molecule has 7 aromatic rings. The van der Waals surface area contributed by atoms with Gasteiger partial charge in [0.2, 0.25) is 5.16 Å². The number of rotatable bonds is 22. The number of hydrogen-bond acceptors (Lipinski definition) is 17. The molecule has 3 amide bonds. The number of ether oxygens (including phenoxy) is 2. The molecule has 0 saturated carbocycles. The summed E-state index contributed by atoms with van der Waals surface area (Å²) in [6.07, 6.45) is -0.109. The fraction of sp³-hybridized carbons (Fsp3) is 0.208. The van der Waals surface area contributed by atoms with Gasteiger partial charge in [-0.2, -0.15) is 4.37 Å². The molecular weight excluding hydrogens is 1040 g/mol. The minimum absolute atomic E-state index is 0.140. The monoisotopic (exact) mass is 1080 g/mol. The van der Waals surface area contributed by atoms with Gasteiger partial charge in [0.25, 0.3) is 11.8 Å². The molecule has 3 atom stereocenters. The maximum Gasteiger partial charge on any atom is 0.407 e. The van der Waals surface area contributed by atoms with Crippen LogP contribution in [0.5, 0.6) is 5.75 Å². The van der Waals surface area contributed by atoms with Gasteiger partial charge in [-0.3, -0.25) is 14.5 Å². The van der Waals surface area contributed by atoms with Crippen LogP contribution in [0, 0.1) is 0 Å². The van der Waals surface area contributed by atoms with Crippen molar-refractivity contribution < 1.29 is 38.6 Å². The van der Waals surface area contributed by atoms with Gasteiger partial charge in [-0.25, -0.2) is 19.6 Å². The lowest BCUT2D eigenvalue weighted by Gasteiger charge is -2.51. The number of thioether (sulfide) groups is 3. The number of anilines is 1. The van der Waals surface area contributed by atoms with Gasteiger partial charge < -0.3 is 35.4 Å². The van der Waals surface area contributed by atoms with Crippen molar-refractivity contribution in [1.29, 1.82) is 0 Å². The van der Waals surface area contributed by atoms with Crippen molar-refractivity contribution in [2.24, 2.45) is 5.16 Å². The summed E-state index contributed by atoms with van der Waals surface area (Å²) in [4.78, 5) is 70.0. The molecule has 0 bridgehead atoms. The van der Waals surface area contributed by atoms with Crippen LogP contribution in [0.25, 0.3) is 0 Å². The summed E-state index contributed by atoms with van der Waals surface area (Å²) in [5.74, 6) is -1.21. The standard InChI is InChI=1S/C53H48N8O8S5/c1-67-38-25-23-33(24-26-38)29-41-39(31-72-52-57-50(60-74-52)70-28-27-54-51(66)69-30-34-15-7-3-8-16-34)44(48(64)65)61-46(63)43(47(61)73-41)56-45(62)42(59-68-2)40-32-71-49(55-40)58-53(35-17-9-4-10-18-35,36-19-11-5-12-20-36)37-21-13-6-14-22-37/h3-26,32,41,43,47H,27-31H2,1-2H3,(H,54,66)(H,55,58)(H,56,62)(H,64,65)/b59-42-/t41?,43?,47-/m1/s1. The molecule has 0 spiro atoms. The van der Waals surface area contributed by atoms with Gasteiger partial charge in [0.15, 0.2) is 15.2 Å². The van der Waals surface area contributed by atoms with E-state index in [4.69, 9.17) is 19.3 Å². The zero-order chi connectivity index (χ0) is 51.4. The number of alkyl carbamates (subject to hydrolysis) is 1. The van der Waals surface area contributed by atoms with Crippen molar-refractivity contribution in [2.45, 2.75) is 44.7 Å². The van der Waals surface area contributed by atoms with E-state index in [0.717, 1.165) is 27.8 Å². The molecule has 4 heterocycles. The highest BCUT2D eigenvalue weighted by atomic mass is 32.2. The van der Waals surface area contributed by atoms with E-state index in [0.29, 0.717) is 44.7 Å². The summed E-state index contributed by atoms with van der Waals surface area (Å²) in [7, 11) is 2.90. The second kappa shape index (κ2) is 24.2. The lowest BCUT2D eigenvalue weighted by Crippen LogP contribution is -2.71. The summed E-state index contributed by atoms with van der Waals surface area (Å²) >= 11 is 6.55. The zero-order valence-corrected chi connectivity index (χ0v) is 43.9. The minimum Gasteiger partial charge on any atom is -0.497 e. The van der Waals surface area contributed by atoms with Crippen LogP contribution in [-0.4, -0.2) is 103 Å². The summed E-state index contributed by atoms with van der Waals surface area (Å²) in [6.45, 7) is 0.494. The minimum atomic E-state index is -1.27. The summed E-state index contributed by atoms with van der Waals surface area (Å²) in [6, 6.07) is 45.9. The van der Waals surface area contributed by atoms with Crippen LogP contribution in [-0.2, 0) is 42.5 Å². The Hall–Kier alpha value is -7.17. The fourth-order valence-electron chi connectivity index (χ4n) is 8.49. The Morgan fingerprint density at radius 2 is 1.45 bits per heavy atom. The van der Waals surface area contributed by atoms with Crippen LogP contribution < -0.4 is 20.7 Å². The van der Waals surface area contributed by atoms with Crippen LogP contribution in [0.3, 0.4) is 0 Å². The molecule has 378 valence electrons. The number of benzene rings is 5. The van der Waals surface area contributed by atoms with Gasteiger partial charge in [-0.05, 0) is 63.5 Å². The highest BCUT2D eigenvalue weighted by molar-refractivity contribution is 8.02. The predicted octanol–water partition coefficient (Wildman–Crippen LogP) is 8.92. The number of carboxylic acids is 1. The van der Waals surface area contributed by atoms with E-state index in [-0.39, 0.29) is 29.5 Å². The molecule has 0 radical (unpaired) electrons. The topological polar surface area (TPSA) is 207 Å². The first-order valence-electron chi connectivity index (χ1n) is 23.1. The zero-order valence-electron chi connectivity index (χ0n) is 39.8. The lowest BCUT2D eigenvalue weighted by atomic mass is 9.77. The predicted molar refractivity (Wildman–Crippen MR) is 290 cm³/mol. The van der Waals surface area contributed by atoms with E-state index in [1.165, 1.54) is 70.2 Å². The van der Waals surface area contributed by atoms with Crippen molar-refractivity contribution in [1.82, 2.24) is 29.9 Å². The van der Waals surface area contributed by atoms with Crippen molar-refractivity contribution in [3.63, 3.8) is 0 Å². The molecule has 2 aliphatic rings. The number of hydrogen-bond donors (Lipinski definition) is 4. The number of carboxylic acid groups (broad SMARTS) is 1. The van der Waals surface area contributed by atoms with Crippen LogP contribution >= 0.6 is 58.2 Å². The molecule has 9 rings (SSSR count). The van der Waals surface area contributed by atoms with Gasteiger partial charge in [0.05, 0.1) is 7.11 Å². The van der Waals surface area contributed by atoms with E-state index < -0.39 is 46.1 Å². The third-order valence-electron chi connectivity index (χ3n) is 12.0. The third-order valence-corrected chi connectivity index (χ3v) is 17.1. The lowest BCUT2D eigenvalue weighted by molar-refractivity contribution is -0.150. The molecule has 74 heavy (non-hydrogen) atoms. The SMILES string of the molecule is CO/N=C(\C(=O)NC1C(=O)N2C(C(=O)O)=C(CSc3nc(SCCNC(=O)OCc4ccccc4)ns3)C(Cc3ccc(OC)cc3)S[C@H]12)c1csc(NC(c2ccccc2)(c2ccccc2)c2ccccc2)n1. The molecule has 16 nitrogen and oxygen atoms in total. The van der Waals surface area contributed by atoms with E-state index in [1.54, 1.807) is 12.5 Å². The number of nitrogens with one attached hydrogen (secondary N) is 3. The highest BCUT2D eigenvalue weighted by Gasteiger charge is 2.56. The summed E-state index contributed by atoms with van der Waals surface area (Å²) in [5.41, 5.74) is 4.22. The summed E-state index contributed by atoms with van der Waals surface area (Å²) < 4.78 is 15.7. The van der Waals surface area contributed by atoms with Crippen LogP contribution in [0.2, 0.25) is 0 Å². The molecule has 0 aliphatic carbocycles. The van der Waals surface area contributed by atoms with E-state index in [2.05, 4.69) is 66.9 Å². The van der Waals surface area contributed by atoms with Gasteiger partial charge in [-0.15, -0.1) is 23.1 Å². The van der Waals surface area contributed by atoms with Crippen LogP contribution in [0.4, 0.5) is 9.93 Å². The second-order valence-electron chi connectivity index (χ2n) is 16.5. The van der Waals surface area contributed by atoms with Crippen molar-refractivity contribution >= 4 is 92.9 Å². The molecular formula is C53H48N8O8S5. The maximum atomic E-state index is 14.3.